The highest BCUT2D eigenvalue weighted by Crippen LogP contribution is 1.95. The van der Waals surface area contributed by atoms with Gasteiger partial charge in [0.2, 0.25) is 0 Å². The number of aromatic nitrogens is 2. The molecule has 15 nitrogen and oxygen atoms in total. The van der Waals surface area contributed by atoms with E-state index in [1.165, 1.54) is 6.33 Å². The first-order chi connectivity index (χ1) is 14.0. The summed E-state index contributed by atoms with van der Waals surface area (Å²) in [5, 5.41) is 38.1. The predicted octanol–water partition coefficient (Wildman–Crippen LogP) is -1.37. The van der Waals surface area contributed by atoms with Crippen molar-refractivity contribution in [3.63, 3.8) is 0 Å². The van der Waals surface area contributed by atoms with Gasteiger partial charge in [-0.3, -0.25) is 24.0 Å². The zero-order chi connectivity index (χ0) is 26.0. The minimum atomic E-state index is -1.00. The first-order valence-electron chi connectivity index (χ1n) is 8.18. The molecule has 0 aliphatic heterocycles. The third kappa shape index (κ3) is 102. The topological polar surface area (TPSA) is 293 Å². The largest absolute Gasteiger partial charge is 0.481 e. The second kappa shape index (κ2) is 28.6. The Morgan fingerprint density at radius 1 is 0.839 bits per heavy atom. The van der Waals surface area contributed by atoms with Gasteiger partial charge in [0.1, 0.15) is 6.04 Å². The second-order valence-electron chi connectivity index (χ2n) is 4.88. The van der Waals surface area contributed by atoms with Gasteiger partial charge in [-0.1, -0.05) is 0 Å². The number of nitrogens with two attached hydrogens (primary N) is 3. The fraction of sp³-hybridized carbons (Fsp3) is 0.500. The number of H-pyrrole nitrogens is 1. The van der Waals surface area contributed by atoms with E-state index in [-0.39, 0.29) is 6.42 Å². The first-order valence-corrected chi connectivity index (χ1v) is 8.18. The SMILES string of the molecule is CC(=O)O.CC(=O)O.CC(=O)O.CC(=O)O.NCCN.N[C@@H](Cc1cnc[nH]1)C(=O)O. The summed E-state index contributed by atoms with van der Waals surface area (Å²) in [5.74, 6) is -4.33. The number of carboxylic acid groups (broad SMARTS) is 5. The number of hydrogen-bond acceptors (Lipinski definition) is 9. The van der Waals surface area contributed by atoms with E-state index in [0.29, 0.717) is 13.1 Å². The van der Waals surface area contributed by atoms with Crippen molar-refractivity contribution < 1.29 is 49.5 Å². The molecule has 0 aliphatic rings. The highest BCUT2D eigenvalue weighted by molar-refractivity contribution is 5.73. The Morgan fingerprint density at radius 2 is 1.13 bits per heavy atom. The van der Waals surface area contributed by atoms with Crippen molar-refractivity contribution in [2.75, 3.05) is 13.1 Å². The molecule has 15 heteroatoms. The molecule has 1 aromatic heterocycles. The highest BCUT2D eigenvalue weighted by atomic mass is 16.4. The Kier molecular flexibility index (Phi) is 35.2. The summed E-state index contributed by atoms with van der Waals surface area (Å²) in [5.41, 5.74) is 15.8. The lowest BCUT2D eigenvalue weighted by Gasteiger charge is -2.02. The molecular weight excluding hydrogens is 422 g/mol. The predicted molar refractivity (Wildman–Crippen MR) is 109 cm³/mol. The molecule has 0 fully saturated rings. The molecule has 0 aromatic carbocycles. The first kappa shape index (κ1) is 38.1. The number of aliphatic carboxylic acids is 5. The van der Waals surface area contributed by atoms with Gasteiger partial charge < -0.3 is 47.7 Å². The van der Waals surface area contributed by atoms with Crippen LogP contribution in [0.15, 0.2) is 12.5 Å². The average molecular weight is 455 g/mol. The Morgan fingerprint density at radius 3 is 1.29 bits per heavy atom. The number of hydrogen-bond donors (Lipinski definition) is 9. The van der Waals surface area contributed by atoms with Crippen LogP contribution in [-0.4, -0.2) is 84.5 Å². The summed E-state index contributed by atoms with van der Waals surface area (Å²) >= 11 is 0. The Balaban J connectivity index is -0.0000000958. The van der Waals surface area contributed by atoms with E-state index in [1.54, 1.807) is 6.20 Å². The van der Waals surface area contributed by atoms with Crippen molar-refractivity contribution in [2.24, 2.45) is 17.2 Å². The van der Waals surface area contributed by atoms with Crippen molar-refractivity contribution >= 4 is 29.8 Å². The standard InChI is InChI=1S/C6H9N3O2.C2H8N2.4C2H4O2/c7-5(6(10)11)1-4-2-8-3-9-4;3-1-2-4;4*1-2(3)4/h2-3,5H,1,7H2,(H,8,9)(H,10,11);1-4H2;4*1H3,(H,3,4)/t5-;;;;;/m0...../s1. The van der Waals surface area contributed by atoms with Crippen LogP contribution in [0, 0.1) is 0 Å². The summed E-state index contributed by atoms with van der Waals surface area (Å²) < 4.78 is 0. The van der Waals surface area contributed by atoms with E-state index in [1.807, 2.05) is 0 Å². The molecule has 0 bridgehead atoms. The molecule has 182 valence electrons. The van der Waals surface area contributed by atoms with E-state index < -0.39 is 35.9 Å². The van der Waals surface area contributed by atoms with Crippen molar-refractivity contribution in [3.8, 4) is 0 Å². The van der Waals surface area contributed by atoms with Gasteiger partial charge in [-0.05, 0) is 0 Å². The van der Waals surface area contributed by atoms with E-state index in [0.717, 1.165) is 33.4 Å². The lowest BCUT2D eigenvalue weighted by molar-refractivity contribution is -0.139. The third-order valence-electron chi connectivity index (χ3n) is 1.48. The number of rotatable bonds is 4. The molecular formula is C16H33N5O10. The lowest BCUT2D eigenvalue weighted by atomic mass is 10.2. The molecule has 0 saturated carbocycles. The molecule has 1 aromatic rings. The molecule has 1 heterocycles. The summed E-state index contributed by atoms with van der Waals surface area (Å²) in [6, 6.07) is -0.851. The van der Waals surface area contributed by atoms with E-state index in [2.05, 4.69) is 9.97 Å². The zero-order valence-electron chi connectivity index (χ0n) is 17.8. The second-order valence-corrected chi connectivity index (χ2v) is 4.88. The van der Waals surface area contributed by atoms with Gasteiger partial charge in [-0.2, -0.15) is 0 Å². The molecule has 1 rings (SSSR count). The van der Waals surface area contributed by atoms with Crippen LogP contribution in [0.2, 0.25) is 0 Å². The van der Waals surface area contributed by atoms with Crippen LogP contribution in [0.25, 0.3) is 0 Å². The van der Waals surface area contributed by atoms with Crippen molar-refractivity contribution in [2.45, 2.75) is 40.2 Å². The maximum Gasteiger partial charge on any atom is 0.320 e. The highest BCUT2D eigenvalue weighted by Gasteiger charge is 2.11. The summed E-state index contributed by atoms with van der Waals surface area (Å²) in [6.45, 7) is 5.53. The maximum absolute atomic E-state index is 10.3. The van der Waals surface area contributed by atoms with E-state index >= 15 is 0 Å². The van der Waals surface area contributed by atoms with Crippen LogP contribution >= 0.6 is 0 Å². The average Bonchev–Trinajstić information content (AvgIpc) is 3.06. The van der Waals surface area contributed by atoms with Crippen molar-refractivity contribution in [3.05, 3.63) is 18.2 Å². The van der Waals surface area contributed by atoms with Crippen molar-refractivity contribution in [1.29, 1.82) is 0 Å². The minimum Gasteiger partial charge on any atom is -0.481 e. The molecule has 0 spiro atoms. The Labute approximate surface area is 178 Å². The molecule has 0 unspecified atom stereocenters. The van der Waals surface area contributed by atoms with Gasteiger partial charge in [0.15, 0.2) is 0 Å². The summed E-state index contributed by atoms with van der Waals surface area (Å²) in [6.07, 6.45) is 3.34. The molecule has 0 amide bonds. The summed E-state index contributed by atoms with van der Waals surface area (Å²) in [4.78, 5) is 52.8. The van der Waals surface area contributed by atoms with Crippen LogP contribution in [0.4, 0.5) is 0 Å². The molecule has 31 heavy (non-hydrogen) atoms. The fourth-order valence-electron chi connectivity index (χ4n) is 0.721. The van der Waals surface area contributed by atoms with Gasteiger partial charge in [0.25, 0.3) is 23.9 Å². The van der Waals surface area contributed by atoms with E-state index in [9.17, 15) is 4.79 Å². The van der Waals surface area contributed by atoms with Gasteiger partial charge in [0.05, 0.1) is 6.33 Å². The molecule has 0 radical (unpaired) electrons. The molecule has 12 N–H and O–H groups in total. The third-order valence-corrected chi connectivity index (χ3v) is 1.48. The monoisotopic (exact) mass is 455 g/mol. The number of aromatic amines is 1. The number of imidazole rings is 1. The Hall–Kier alpha value is -3.56. The van der Waals surface area contributed by atoms with Crippen LogP contribution in [0.3, 0.4) is 0 Å². The van der Waals surface area contributed by atoms with Gasteiger partial charge in [0, 0.05) is 59.1 Å². The Bertz CT molecular complexity index is 528. The molecule has 1 atom stereocenters. The van der Waals surface area contributed by atoms with Crippen LogP contribution in [-0.2, 0) is 30.4 Å². The number of carbonyl (C=O) groups is 5. The number of carboxylic acids is 5. The summed E-state index contributed by atoms with van der Waals surface area (Å²) in [7, 11) is 0. The quantitative estimate of drug-likeness (QED) is 0.253. The lowest BCUT2D eigenvalue weighted by Crippen LogP contribution is -2.32. The fourth-order valence-corrected chi connectivity index (χ4v) is 0.721. The van der Waals surface area contributed by atoms with E-state index in [4.69, 9.17) is 61.9 Å². The molecule has 0 saturated heterocycles. The number of nitrogens with one attached hydrogen (secondary N) is 1. The van der Waals surface area contributed by atoms with Crippen LogP contribution in [0.5, 0.6) is 0 Å². The maximum atomic E-state index is 10.3. The zero-order valence-corrected chi connectivity index (χ0v) is 17.8. The van der Waals surface area contributed by atoms with Crippen molar-refractivity contribution in [1.82, 2.24) is 9.97 Å². The smallest absolute Gasteiger partial charge is 0.320 e. The molecule has 0 aliphatic carbocycles. The van der Waals surface area contributed by atoms with Gasteiger partial charge in [-0.25, -0.2) is 4.98 Å². The van der Waals surface area contributed by atoms with Crippen LogP contribution < -0.4 is 17.2 Å². The minimum absolute atomic E-state index is 0.287. The van der Waals surface area contributed by atoms with Gasteiger partial charge in [-0.15, -0.1) is 0 Å². The van der Waals surface area contributed by atoms with Crippen LogP contribution in [0.1, 0.15) is 33.4 Å². The normalized spacial score (nSPS) is 8.74. The van der Waals surface area contributed by atoms with Gasteiger partial charge >= 0.3 is 5.97 Å². The number of nitrogens with zero attached hydrogens (tertiary/aromatic N) is 1.